The molecule has 0 aliphatic carbocycles. The SMILES string of the molecule is CCc1sc(C(=O)NCC(C)CC(C)O)cc1C. The van der Waals surface area contributed by atoms with Gasteiger partial charge in [0.1, 0.15) is 0 Å². The molecule has 0 aromatic carbocycles. The van der Waals surface area contributed by atoms with Crippen LogP contribution in [0.4, 0.5) is 0 Å². The first-order chi connectivity index (χ1) is 8.43. The van der Waals surface area contributed by atoms with Crippen molar-refractivity contribution in [3.63, 3.8) is 0 Å². The highest BCUT2D eigenvalue weighted by Crippen LogP contribution is 2.22. The minimum absolute atomic E-state index is 0.000225. The van der Waals surface area contributed by atoms with E-state index in [4.69, 9.17) is 0 Å². The largest absolute Gasteiger partial charge is 0.393 e. The van der Waals surface area contributed by atoms with Crippen LogP contribution < -0.4 is 5.32 Å². The van der Waals surface area contributed by atoms with Crippen molar-refractivity contribution in [1.29, 1.82) is 0 Å². The molecule has 0 spiro atoms. The van der Waals surface area contributed by atoms with Gasteiger partial charge in [-0.25, -0.2) is 0 Å². The van der Waals surface area contributed by atoms with Gasteiger partial charge in [0.05, 0.1) is 11.0 Å². The number of nitrogens with one attached hydrogen (secondary N) is 1. The summed E-state index contributed by atoms with van der Waals surface area (Å²) >= 11 is 1.57. The van der Waals surface area contributed by atoms with Crippen LogP contribution in [-0.2, 0) is 6.42 Å². The number of aliphatic hydroxyl groups excluding tert-OH is 1. The van der Waals surface area contributed by atoms with Crippen molar-refractivity contribution in [3.05, 3.63) is 21.4 Å². The van der Waals surface area contributed by atoms with Crippen molar-refractivity contribution < 1.29 is 9.90 Å². The summed E-state index contributed by atoms with van der Waals surface area (Å²) in [7, 11) is 0. The molecule has 1 aromatic rings. The lowest BCUT2D eigenvalue weighted by molar-refractivity contribution is 0.0943. The highest BCUT2D eigenvalue weighted by molar-refractivity contribution is 7.14. The first-order valence-electron chi connectivity index (χ1n) is 6.49. The number of hydrogen-bond acceptors (Lipinski definition) is 3. The maximum atomic E-state index is 12.0. The number of rotatable bonds is 6. The Hall–Kier alpha value is -0.870. The lowest BCUT2D eigenvalue weighted by Gasteiger charge is -2.13. The number of hydrogen-bond donors (Lipinski definition) is 2. The number of carbonyl (C=O) groups excluding carboxylic acids is 1. The lowest BCUT2D eigenvalue weighted by Crippen LogP contribution is -2.28. The van der Waals surface area contributed by atoms with Crippen LogP contribution in [0, 0.1) is 12.8 Å². The van der Waals surface area contributed by atoms with Crippen molar-refractivity contribution in [2.75, 3.05) is 6.54 Å². The molecule has 2 N–H and O–H groups in total. The summed E-state index contributed by atoms with van der Waals surface area (Å²) in [6.07, 6.45) is 1.37. The normalized spacial score (nSPS) is 14.3. The third kappa shape index (κ3) is 4.42. The van der Waals surface area contributed by atoms with Crippen LogP contribution >= 0.6 is 11.3 Å². The fourth-order valence-electron chi connectivity index (χ4n) is 2.00. The van der Waals surface area contributed by atoms with Gasteiger partial charge in [-0.1, -0.05) is 13.8 Å². The molecule has 2 atom stereocenters. The maximum Gasteiger partial charge on any atom is 0.261 e. The fraction of sp³-hybridized carbons (Fsp3) is 0.643. The van der Waals surface area contributed by atoms with Gasteiger partial charge in [-0.3, -0.25) is 4.79 Å². The van der Waals surface area contributed by atoms with Gasteiger partial charge in [-0.2, -0.15) is 0 Å². The quantitative estimate of drug-likeness (QED) is 0.834. The molecule has 4 heteroatoms. The van der Waals surface area contributed by atoms with Gasteiger partial charge in [-0.15, -0.1) is 11.3 Å². The Morgan fingerprint density at radius 2 is 2.17 bits per heavy atom. The van der Waals surface area contributed by atoms with Crippen molar-refractivity contribution in [3.8, 4) is 0 Å². The summed E-state index contributed by atoms with van der Waals surface area (Å²) in [5, 5.41) is 12.2. The van der Waals surface area contributed by atoms with Crippen molar-refractivity contribution in [2.24, 2.45) is 5.92 Å². The standard InChI is InChI=1S/C14H23NO2S/c1-5-12-10(3)7-13(18-12)14(17)15-8-9(2)6-11(4)16/h7,9,11,16H,5-6,8H2,1-4H3,(H,15,17). The van der Waals surface area contributed by atoms with E-state index in [9.17, 15) is 9.90 Å². The second-order valence-electron chi connectivity index (χ2n) is 4.97. The average molecular weight is 269 g/mol. The molecular formula is C14H23NO2S. The Morgan fingerprint density at radius 3 is 2.67 bits per heavy atom. The highest BCUT2D eigenvalue weighted by Gasteiger charge is 2.13. The van der Waals surface area contributed by atoms with Gasteiger partial charge in [0.15, 0.2) is 0 Å². The van der Waals surface area contributed by atoms with Gasteiger partial charge < -0.3 is 10.4 Å². The fourth-order valence-corrected chi connectivity index (χ4v) is 3.03. The molecule has 1 heterocycles. The summed E-state index contributed by atoms with van der Waals surface area (Å²) in [5.41, 5.74) is 1.20. The average Bonchev–Trinajstić information content (AvgIpc) is 2.66. The van der Waals surface area contributed by atoms with Gasteiger partial charge in [0, 0.05) is 11.4 Å². The van der Waals surface area contributed by atoms with Crippen LogP contribution in [0.3, 0.4) is 0 Å². The summed E-state index contributed by atoms with van der Waals surface area (Å²) in [4.78, 5) is 14.0. The van der Waals surface area contributed by atoms with E-state index in [1.807, 2.05) is 19.9 Å². The second kappa shape index (κ2) is 6.90. The zero-order chi connectivity index (χ0) is 13.7. The van der Waals surface area contributed by atoms with Gasteiger partial charge in [-0.05, 0) is 44.2 Å². The van der Waals surface area contributed by atoms with Crippen molar-refractivity contribution in [1.82, 2.24) is 5.32 Å². The predicted molar refractivity (Wildman–Crippen MR) is 76.2 cm³/mol. The van der Waals surface area contributed by atoms with Crippen molar-refractivity contribution >= 4 is 17.2 Å². The van der Waals surface area contributed by atoms with Crippen LogP contribution in [0.25, 0.3) is 0 Å². The topological polar surface area (TPSA) is 49.3 Å². The zero-order valence-electron chi connectivity index (χ0n) is 11.6. The van der Waals surface area contributed by atoms with Gasteiger partial charge in [0.25, 0.3) is 5.91 Å². The highest BCUT2D eigenvalue weighted by atomic mass is 32.1. The molecule has 1 amide bonds. The van der Waals surface area contributed by atoms with E-state index < -0.39 is 0 Å². The Labute approximate surface area is 113 Å². The maximum absolute atomic E-state index is 12.0. The molecule has 0 fully saturated rings. The zero-order valence-corrected chi connectivity index (χ0v) is 12.4. The van der Waals surface area contributed by atoms with E-state index in [1.54, 1.807) is 18.3 Å². The molecule has 0 radical (unpaired) electrons. The van der Waals surface area contributed by atoms with E-state index in [0.29, 0.717) is 18.9 Å². The molecular weight excluding hydrogens is 246 g/mol. The molecule has 102 valence electrons. The molecule has 18 heavy (non-hydrogen) atoms. The van der Waals surface area contributed by atoms with Crippen LogP contribution in [-0.4, -0.2) is 23.7 Å². The molecule has 0 aliphatic rings. The number of thiophene rings is 1. The second-order valence-corrected chi connectivity index (χ2v) is 6.11. The van der Waals surface area contributed by atoms with Crippen LogP contribution in [0.15, 0.2) is 6.07 Å². The van der Waals surface area contributed by atoms with Crippen LogP contribution in [0.5, 0.6) is 0 Å². The monoisotopic (exact) mass is 269 g/mol. The molecule has 1 rings (SSSR count). The van der Waals surface area contributed by atoms with Crippen LogP contribution in [0.1, 0.15) is 47.3 Å². The summed E-state index contributed by atoms with van der Waals surface area (Å²) in [6.45, 7) is 8.56. The molecule has 2 unspecified atom stereocenters. The van der Waals surface area contributed by atoms with E-state index >= 15 is 0 Å². The molecule has 0 saturated heterocycles. The first-order valence-corrected chi connectivity index (χ1v) is 7.31. The van der Waals surface area contributed by atoms with Crippen molar-refractivity contribution in [2.45, 2.75) is 46.6 Å². The number of aliphatic hydroxyl groups is 1. The number of aryl methyl sites for hydroxylation is 2. The minimum atomic E-state index is -0.312. The Balaban J connectivity index is 2.50. The first kappa shape index (κ1) is 15.2. The Kier molecular flexibility index (Phi) is 5.82. The Morgan fingerprint density at radius 1 is 1.50 bits per heavy atom. The molecule has 0 bridgehead atoms. The molecule has 1 aromatic heterocycles. The van der Waals surface area contributed by atoms with Gasteiger partial charge in [0.2, 0.25) is 0 Å². The number of carbonyl (C=O) groups is 1. The third-order valence-corrected chi connectivity index (χ3v) is 4.30. The van der Waals surface area contributed by atoms with E-state index in [0.717, 1.165) is 11.3 Å². The van der Waals surface area contributed by atoms with Crippen LogP contribution in [0.2, 0.25) is 0 Å². The minimum Gasteiger partial charge on any atom is -0.393 e. The van der Waals surface area contributed by atoms with E-state index in [-0.39, 0.29) is 12.0 Å². The summed E-state index contributed by atoms with van der Waals surface area (Å²) < 4.78 is 0. The third-order valence-electron chi connectivity index (χ3n) is 2.92. The van der Waals surface area contributed by atoms with E-state index in [2.05, 4.69) is 12.2 Å². The smallest absolute Gasteiger partial charge is 0.261 e. The summed E-state index contributed by atoms with van der Waals surface area (Å²) in [6, 6.07) is 1.96. The summed E-state index contributed by atoms with van der Waals surface area (Å²) in [5.74, 6) is 0.292. The lowest BCUT2D eigenvalue weighted by atomic mass is 10.0. The molecule has 0 aliphatic heterocycles. The van der Waals surface area contributed by atoms with Gasteiger partial charge >= 0.3 is 0 Å². The predicted octanol–water partition coefficient (Wildman–Crippen LogP) is 2.76. The number of amides is 1. The Bertz CT molecular complexity index is 398. The van der Waals surface area contributed by atoms with E-state index in [1.165, 1.54) is 10.4 Å². The molecule has 0 saturated carbocycles. The molecule has 3 nitrogen and oxygen atoms in total.